The molecule has 0 aromatic heterocycles. The summed E-state index contributed by atoms with van der Waals surface area (Å²) in [5.74, 6) is 2.94. The second-order valence-corrected chi connectivity index (χ2v) is 5.32. The summed E-state index contributed by atoms with van der Waals surface area (Å²) in [5, 5.41) is 0. The third kappa shape index (κ3) is 1.44. The van der Waals surface area contributed by atoms with Gasteiger partial charge in [-0.25, -0.2) is 0 Å². The largest absolute Gasteiger partial charge is 1.00 e. The van der Waals surface area contributed by atoms with E-state index in [-0.39, 0.29) is 18.9 Å². The van der Waals surface area contributed by atoms with Crippen LogP contribution in [0.15, 0.2) is 18.2 Å². The minimum atomic E-state index is 0. The normalized spacial score (nSPS) is 43.0. The first-order valence-electron chi connectivity index (χ1n) is 5.21. The van der Waals surface area contributed by atoms with Gasteiger partial charge in [0.2, 0.25) is 0 Å². The second-order valence-electron chi connectivity index (χ2n) is 5.32. The monoisotopic (exact) mass is 182 g/mol. The van der Waals surface area contributed by atoms with Crippen molar-refractivity contribution in [3.63, 3.8) is 0 Å². The van der Waals surface area contributed by atoms with Crippen LogP contribution < -0.4 is 18.9 Å². The third-order valence-electron chi connectivity index (χ3n) is 4.24. The Morgan fingerprint density at radius 2 is 2.00 bits per heavy atom. The Kier molecular flexibility index (Phi) is 3.11. The summed E-state index contributed by atoms with van der Waals surface area (Å²) in [7, 11) is 0. The molecule has 1 saturated carbocycles. The fraction of sp³-hybridized carbons (Fsp3) is 0.692. The molecule has 0 aromatic carbocycles. The quantitative estimate of drug-likeness (QED) is 0.314. The van der Waals surface area contributed by atoms with E-state index in [1.807, 2.05) is 0 Å². The van der Waals surface area contributed by atoms with Gasteiger partial charge in [0.25, 0.3) is 0 Å². The first-order chi connectivity index (χ1) is 6.00. The maximum Gasteiger partial charge on any atom is 1.00 e. The molecule has 0 radical (unpaired) electrons. The van der Waals surface area contributed by atoms with Gasteiger partial charge in [0.1, 0.15) is 0 Å². The van der Waals surface area contributed by atoms with Crippen LogP contribution >= 0.6 is 0 Å². The molecule has 0 nitrogen and oxygen atoms in total. The van der Waals surface area contributed by atoms with Gasteiger partial charge in [0.05, 0.1) is 0 Å². The first kappa shape index (κ1) is 12.1. The van der Waals surface area contributed by atoms with Crippen molar-refractivity contribution in [2.24, 2.45) is 29.1 Å². The van der Waals surface area contributed by atoms with Crippen LogP contribution in [0.5, 0.6) is 0 Å². The van der Waals surface area contributed by atoms with Crippen molar-refractivity contribution in [3.05, 3.63) is 24.3 Å². The molecule has 0 amide bonds. The second kappa shape index (κ2) is 3.58. The van der Waals surface area contributed by atoms with Crippen LogP contribution in [0.2, 0.25) is 0 Å². The van der Waals surface area contributed by atoms with Gasteiger partial charge in [-0.15, -0.1) is 11.5 Å². The Morgan fingerprint density at radius 1 is 1.43 bits per heavy atom. The minimum absolute atomic E-state index is 0. The number of hydrogen-bond acceptors (Lipinski definition) is 0. The van der Waals surface area contributed by atoms with E-state index in [1.165, 1.54) is 5.57 Å². The van der Waals surface area contributed by atoms with E-state index in [2.05, 4.69) is 46.4 Å². The number of allylic oxidation sites excluding steroid dienone is 3. The van der Waals surface area contributed by atoms with Gasteiger partial charge >= 0.3 is 18.9 Å². The molecule has 72 valence electrons. The maximum absolute atomic E-state index is 3.82. The molecule has 2 rings (SSSR count). The zero-order chi connectivity index (χ0) is 9.80. The number of hydrogen-bond donors (Lipinski definition) is 0. The Balaban J connectivity index is 0.000000980. The predicted octanol–water partition coefficient (Wildman–Crippen LogP) is 0.464. The van der Waals surface area contributed by atoms with Crippen LogP contribution in [-0.2, 0) is 0 Å². The molecule has 0 N–H and O–H groups in total. The molecule has 14 heavy (non-hydrogen) atoms. The van der Waals surface area contributed by atoms with E-state index >= 15 is 0 Å². The van der Waals surface area contributed by atoms with E-state index < -0.39 is 0 Å². The third-order valence-corrected chi connectivity index (χ3v) is 4.24. The fourth-order valence-electron chi connectivity index (χ4n) is 3.40. The molecular formula is C13H19Li. The van der Waals surface area contributed by atoms with Crippen LogP contribution in [0.25, 0.3) is 0 Å². The van der Waals surface area contributed by atoms with Crippen LogP contribution in [0, 0.1) is 35.2 Å². The van der Waals surface area contributed by atoms with E-state index in [4.69, 9.17) is 0 Å². The minimum Gasteiger partial charge on any atom is -0.496 e. The molecule has 0 aliphatic heterocycles. The summed E-state index contributed by atoms with van der Waals surface area (Å²) < 4.78 is 0. The van der Waals surface area contributed by atoms with Crippen molar-refractivity contribution in [1.82, 2.24) is 0 Å². The fourth-order valence-corrected chi connectivity index (χ4v) is 3.40. The van der Waals surface area contributed by atoms with Gasteiger partial charge in [0, 0.05) is 0 Å². The molecule has 0 bridgehead atoms. The van der Waals surface area contributed by atoms with E-state index in [0.29, 0.717) is 11.3 Å². The standard InChI is InChI=1S/C13H19.Li/c1-6-10-8(2)7-11-12(9(10)3)13(11,4)5;/h7,9-12H,1H2,2-5H3;/q-1;+1. The van der Waals surface area contributed by atoms with Crippen LogP contribution in [0.4, 0.5) is 0 Å². The van der Waals surface area contributed by atoms with Gasteiger partial charge in [0.15, 0.2) is 0 Å². The van der Waals surface area contributed by atoms with Gasteiger partial charge in [-0.1, -0.05) is 32.8 Å². The average molecular weight is 182 g/mol. The molecule has 0 saturated heterocycles. The summed E-state index contributed by atoms with van der Waals surface area (Å²) in [4.78, 5) is 0. The molecule has 0 aromatic rings. The van der Waals surface area contributed by atoms with Gasteiger partial charge < -0.3 is 6.08 Å². The van der Waals surface area contributed by atoms with Gasteiger partial charge in [-0.05, 0) is 24.2 Å². The molecule has 4 unspecified atom stereocenters. The van der Waals surface area contributed by atoms with E-state index in [9.17, 15) is 0 Å². The van der Waals surface area contributed by atoms with Crippen molar-refractivity contribution < 1.29 is 18.9 Å². The van der Waals surface area contributed by atoms with Crippen molar-refractivity contribution >= 4 is 0 Å². The van der Waals surface area contributed by atoms with E-state index in [1.54, 1.807) is 0 Å². The molecule has 4 atom stereocenters. The maximum atomic E-state index is 3.82. The van der Waals surface area contributed by atoms with Crippen LogP contribution in [0.1, 0.15) is 27.7 Å². The van der Waals surface area contributed by atoms with Crippen molar-refractivity contribution in [2.75, 3.05) is 0 Å². The number of fused-ring (bicyclic) bond motifs is 1. The topological polar surface area (TPSA) is 0 Å². The Morgan fingerprint density at radius 3 is 2.50 bits per heavy atom. The molecule has 0 spiro atoms. The number of rotatable bonds is 1. The van der Waals surface area contributed by atoms with Crippen molar-refractivity contribution in [1.29, 1.82) is 0 Å². The van der Waals surface area contributed by atoms with E-state index in [0.717, 1.165) is 17.8 Å². The average Bonchev–Trinajstić information content (AvgIpc) is 2.54. The summed E-state index contributed by atoms with van der Waals surface area (Å²) in [6, 6.07) is 0. The first-order valence-corrected chi connectivity index (χ1v) is 5.21. The Hall–Kier alpha value is 0.0774. The predicted molar refractivity (Wildman–Crippen MR) is 56.0 cm³/mol. The molecule has 1 fully saturated rings. The zero-order valence-corrected chi connectivity index (χ0v) is 10.1. The molecule has 2 aliphatic rings. The van der Waals surface area contributed by atoms with Crippen LogP contribution in [0.3, 0.4) is 0 Å². The summed E-state index contributed by atoms with van der Waals surface area (Å²) >= 11 is 0. The summed E-state index contributed by atoms with van der Waals surface area (Å²) in [5.41, 5.74) is 2.01. The summed E-state index contributed by atoms with van der Waals surface area (Å²) in [6.07, 6.45) is 5.63. The Labute approximate surface area is 100 Å². The van der Waals surface area contributed by atoms with Crippen LogP contribution in [-0.4, -0.2) is 0 Å². The zero-order valence-electron chi connectivity index (χ0n) is 10.1. The molecular weight excluding hydrogens is 163 g/mol. The van der Waals surface area contributed by atoms with Gasteiger partial charge in [-0.2, -0.15) is 0 Å². The summed E-state index contributed by atoms with van der Waals surface area (Å²) in [6.45, 7) is 13.2. The molecule has 1 heteroatoms. The van der Waals surface area contributed by atoms with Gasteiger partial charge in [-0.3, -0.25) is 6.58 Å². The molecule has 0 heterocycles. The Bertz CT molecular complexity index is 275. The van der Waals surface area contributed by atoms with Crippen molar-refractivity contribution in [3.8, 4) is 0 Å². The smallest absolute Gasteiger partial charge is 0.496 e. The van der Waals surface area contributed by atoms with Crippen molar-refractivity contribution in [2.45, 2.75) is 27.7 Å². The molecule has 2 aliphatic carbocycles. The SMILES string of the molecule is C=[C-]C1C(C)=CC2C(C1C)C2(C)C.[Li+].